The number of ether oxygens (including phenoxy) is 1. The molecular formula is C4H8O4. The molecular weight excluding hydrogens is 112 g/mol. The van der Waals surface area contributed by atoms with Gasteiger partial charge in [-0.3, -0.25) is 0 Å². The number of hydrogen-bond donors (Lipinski definition) is 3. The van der Waals surface area contributed by atoms with Crippen molar-refractivity contribution in [1.82, 2.24) is 0 Å². The van der Waals surface area contributed by atoms with E-state index in [2.05, 4.69) is 4.74 Å². The summed E-state index contributed by atoms with van der Waals surface area (Å²) in [6.45, 7) is 0.0162. The SMILES string of the molecule is O[C@@H]1[C@H](O)OC[C@@H]1O. The monoisotopic (exact) mass is 120 g/mol. The van der Waals surface area contributed by atoms with Crippen LogP contribution in [0.15, 0.2) is 0 Å². The predicted molar refractivity (Wildman–Crippen MR) is 24.0 cm³/mol. The van der Waals surface area contributed by atoms with Crippen LogP contribution in [0.5, 0.6) is 0 Å². The molecule has 0 aromatic heterocycles. The van der Waals surface area contributed by atoms with Gasteiger partial charge in [0.15, 0.2) is 6.29 Å². The van der Waals surface area contributed by atoms with E-state index < -0.39 is 18.5 Å². The molecule has 1 aliphatic rings. The van der Waals surface area contributed by atoms with E-state index in [1.165, 1.54) is 0 Å². The summed E-state index contributed by atoms with van der Waals surface area (Å²) in [5.41, 5.74) is 0. The molecule has 0 amide bonds. The van der Waals surface area contributed by atoms with Gasteiger partial charge in [-0.15, -0.1) is 0 Å². The summed E-state index contributed by atoms with van der Waals surface area (Å²) >= 11 is 0. The lowest BCUT2D eigenvalue weighted by Gasteiger charge is -2.06. The quantitative estimate of drug-likeness (QED) is 0.348. The molecule has 0 spiro atoms. The van der Waals surface area contributed by atoms with E-state index in [0.29, 0.717) is 0 Å². The van der Waals surface area contributed by atoms with E-state index in [1.807, 2.05) is 0 Å². The van der Waals surface area contributed by atoms with Crippen LogP contribution in [0.25, 0.3) is 0 Å². The van der Waals surface area contributed by atoms with Gasteiger partial charge < -0.3 is 20.1 Å². The molecule has 1 fully saturated rings. The Labute approximate surface area is 46.3 Å². The Morgan fingerprint density at radius 2 is 1.88 bits per heavy atom. The molecule has 8 heavy (non-hydrogen) atoms. The Bertz CT molecular complexity index is 74.1. The van der Waals surface area contributed by atoms with Crippen molar-refractivity contribution in [3.8, 4) is 0 Å². The number of rotatable bonds is 0. The maximum Gasteiger partial charge on any atom is 0.183 e. The van der Waals surface area contributed by atoms with Crippen molar-refractivity contribution in [2.24, 2.45) is 0 Å². The molecule has 0 aliphatic carbocycles. The highest BCUT2D eigenvalue weighted by molar-refractivity contribution is 4.75. The topological polar surface area (TPSA) is 69.9 Å². The maximum absolute atomic E-state index is 8.64. The van der Waals surface area contributed by atoms with Crippen molar-refractivity contribution in [2.75, 3.05) is 6.61 Å². The first-order valence-electron chi connectivity index (χ1n) is 2.37. The highest BCUT2D eigenvalue weighted by Crippen LogP contribution is 2.10. The maximum atomic E-state index is 8.64. The second kappa shape index (κ2) is 1.99. The van der Waals surface area contributed by atoms with Crippen molar-refractivity contribution in [3.63, 3.8) is 0 Å². The Kier molecular flexibility index (Phi) is 1.48. The molecule has 3 atom stereocenters. The van der Waals surface area contributed by atoms with Crippen LogP contribution < -0.4 is 0 Å². The van der Waals surface area contributed by atoms with Gasteiger partial charge in [0.2, 0.25) is 0 Å². The smallest absolute Gasteiger partial charge is 0.183 e. The zero-order valence-electron chi connectivity index (χ0n) is 4.19. The van der Waals surface area contributed by atoms with Crippen LogP contribution in [0, 0.1) is 0 Å². The molecule has 3 N–H and O–H groups in total. The normalized spacial score (nSPS) is 47.6. The summed E-state index contributed by atoms with van der Waals surface area (Å²) < 4.78 is 4.43. The summed E-state index contributed by atoms with van der Waals surface area (Å²) in [6.07, 6.45) is -3.26. The van der Waals surface area contributed by atoms with E-state index in [1.54, 1.807) is 0 Å². The average molecular weight is 120 g/mol. The summed E-state index contributed by atoms with van der Waals surface area (Å²) in [6, 6.07) is 0. The lowest BCUT2D eigenvalue weighted by Crippen LogP contribution is -2.29. The molecule has 0 unspecified atom stereocenters. The summed E-state index contributed by atoms with van der Waals surface area (Å²) in [5, 5.41) is 25.8. The van der Waals surface area contributed by atoms with E-state index in [-0.39, 0.29) is 6.61 Å². The molecule has 4 nitrogen and oxygen atoms in total. The van der Waals surface area contributed by atoms with Crippen molar-refractivity contribution in [2.45, 2.75) is 18.5 Å². The first kappa shape index (κ1) is 5.97. The third-order valence-electron chi connectivity index (χ3n) is 1.12. The minimum absolute atomic E-state index is 0.0162. The van der Waals surface area contributed by atoms with Crippen LogP contribution in [-0.2, 0) is 4.74 Å². The fraction of sp³-hybridized carbons (Fsp3) is 1.00. The highest BCUT2D eigenvalue weighted by atomic mass is 16.6. The first-order chi connectivity index (χ1) is 3.72. The van der Waals surface area contributed by atoms with Gasteiger partial charge in [0.25, 0.3) is 0 Å². The molecule has 0 bridgehead atoms. The molecule has 0 aromatic rings. The number of hydrogen-bond acceptors (Lipinski definition) is 4. The fourth-order valence-electron chi connectivity index (χ4n) is 0.584. The van der Waals surface area contributed by atoms with Crippen LogP contribution in [0.2, 0.25) is 0 Å². The Balaban J connectivity index is 2.44. The third kappa shape index (κ3) is 0.830. The molecule has 1 aliphatic heterocycles. The minimum atomic E-state index is -1.20. The van der Waals surface area contributed by atoms with Gasteiger partial charge in [-0.1, -0.05) is 0 Å². The van der Waals surface area contributed by atoms with Crippen LogP contribution in [0.1, 0.15) is 0 Å². The molecule has 4 heteroatoms. The lowest BCUT2D eigenvalue weighted by atomic mass is 10.2. The highest BCUT2D eigenvalue weighted by Gasteiger charge is 2.32. The summed E-state index contributed by atoms with van der Waals surface area (Å²) in [7, 11) is 0. The van der Waals surface area contributed by atoms with Gasteiger partial charge in [-0.2, -0.15) is 0 Å². The van der Waals surface area contributed by atoms with Gasteiger partial charge in [0, 0.05) is 0 Å². The van der Waals surface area contributed by atoms with Crippen molar-refractivity contribution >= 4 is 0 Å². The molecule has 0 aromatic carbocycles. The van der Waals surface area contributed by atoms with Crippen molar-refractivity contribution in [3.05, 3.63) is 0 Å². The molecule has 1 rings (SSSR count). The average Bonchev–Trinajstić information content (AvgIpc) is 1.98. The standard InChI is InChI=1S/C4H8O4/c5-2-1-8-4(7)3(2)6/h2-7H,1H2/t2-,3-,4+/m0/s1. The minimum Gasteiger partial charge on any atom is -0.388 e. The van der Waals surface area contributed by atoms with E-state index in [9.17, 15) is 0 Å². The molecule has 1 heterocycles. The Hall–Kier alpha value is -0.160. The second-order valence-corrected chi connectivity index (χ2v) is 1.78. The fourth-order valence-corrected chi connectivity index (χ4v) is 0.584. The Morgan fingerprint density at radius 3 is 2.00 bits per heavy atom. The van der Waals surface area contributed by atoms with E-state index in [0.717, 1.165) is 0 Å². The van der Waals surface area contributed by atoms with Crippen molar-refractivity contribution < 1.29 is 20.1 Å². The predicted octanol–water partition coefficient (Wildman–Crippen LogP) is -1.94. The zero-order valence-corrected chi connectivity index (χ0v) is 4.19. The van der Waals surface area contributed by atoms with Crippen molar-refractivity contribution in [1.29, 1.82) is 0 Å². The molecule has 0 saturated carbocycles. The number of aliphatic hydroxyl groups excluding tert-OH is 3. The van der Waals surface area contributed by atoms with Gasteiger partial charge in [0.1, 0.15) is 12.2 Å². The van der Waals surface area contributed by atoms with Crippen LogP contribution in [-0.4, -0.2) is 40.4 Å². The van der Waals surface area contributed by atoms with Gasteiger partial charge >= 0.3 is 0 Å². The van der Waals surface area contributed by atoms with Gasteiger partial charge in [-0.05, 0) is 0 Å². The van der Waals surface area contributed by atoms with Crippen LogP contribution in [0.3, 0.4) is 0 Å². The van der Waals surface area contributed by atoms with Gasteiger partial charge in [-0.25, -0.2) is 0 Å². The second-order valence-electron chi connectivity index (χ2n) is 1.78. The summed E-state index contributed by atoms with van der Waals surface area (Å²) in [4.78, 5) is 0. The van der Waals surface area contributed by atoms with Crippen LogP contribution >= 0.6 is 0 Å². The van der Waals surface area contributed by atoms with Gasteiger partial charge in [0.05, 0.1) is 6.61 Å². The zero-order chi connectivity index (χ0) is 6.15. The summed E-state index contributed by atoms with van der Waals surface area (Å²) in [5.74, 6) is 0. The first-order valence-corrected chi connectivity index (χ1v) is 2.37. The molecule has 1 saturated heterocycles. The largest absolute Gasteiger partial charge is 0.388 e. The Morgan fingerprint density at radius 1 is 1.25 bits per heavy atom. The third-order valence-corrected chi connectivity index (χ3v) is 1.12. The molecule has 0 radical (unpaired) electrons. The van der Waals surface area contributed by atoms with E-state index >= 15 is 0 Å². The van der Waals surface area contributed by atoms with Crippen LogP contribution in [0.4, 0.5) is 0 Å². The van der Waals surface area contributed by atoms with E-state index in [4.69, 9.17) is 15.3 Å². The molecule has 48 valence electrons. The lowest BCUT2D eigenvalue weighted by molar-refractivity contribution is -0.111. The number of aliphatic hydroxyl groups is 3.